The number of nitrogens with zero attached hydrogens (tertiary/aromatic N) is 2. The van der Waals surface area contributed by atoms with Gasteiger partial charge in [-0.25, -0.2) is 0 Å². The van der Waals surface area contributed by atoms with Crippen LogP contribution in [-0.4, -0.2) is 46.0 Å². The average Bonchev–Trinajstić information content (AvgIpc) is 3.03. The molecule has 3 N–H and O–H groups in total. The summed E-state index contributed by atoms with van der Waals surface area (Å²) in [5.41, 5.74) is 2.11. The minimum atomic E-state index is -0.288. The van der Waals surface area contributed by atoms with E-state index in [9.17, 15) is 9.59 Å². The summed E-state index contributed by atoms with van der Waals surface area (Å²) in [7, 11) is 0. The molecule has 0 spiro atoms. The summed E-state index contributed by atoms with van der Waals surface area (Å²) in [5.74, 6) is 0.240. The quantitative estimate of drug-likeness (QED) is 0.744. The van der Waals surface area contributed by atoms with E-state index in [0.717, 1.165) is 24.2 Å². The highest BCUT2D eigenvalue weighted by molar-refractivity contribution is 5.97. The average molecular weight is 291 g/mol. The minimum Gasteiger partial charge on any atom is -0.339 e. The van der Waals surface area contributed by atoms with Crippen molar-refractivity contribution in [2.75, 3.05) is 18.4 Å². The monoisotopic (exact) mass is 291 g/mol. The van der Waals surface area contributed by atoms with E-state index in [0.29, 0.717) is 18.9 Å². The second-order valence-electron chi connectivity index (χ2n) is 5.99. The van der Waals surface area contributed by atoms with Crippen molar-refractivity contribution in [1.82, 2.24) is 20.4 Å². The normalized spacial score (nSPS) is 21.8. The Bertz CT molecular complexity index is 566. The number of carbonyl (C=O) groups excluding carboxylic acids is 2. The second-order valence-corrected chi connectivity index (χ2v) is 5.99. The van der Waals surface area contributed by atoms with E-state index < -0.39 is 0 Å². The van der Waals surface area contributed by atoms with Crippen molar-refractivity contribution in [2.24, 2.45) is 5.92 Å². The van der Waals surface area contributed by atoms with Crippen LogP contribution in [0.15, 0.2) is 0 Å². The summed E-state index contributed by atoms with van der Waals surface area (Å²) in [4.78, 5) is 26.0. The molecule has 0 aromatic carbocycles. The van der Waals surface area contributed by atoms with E-state index in [-0.39, 0.29) is 30.2 Å². The maximum atomic E-state index is 12.3. The maximum Gasteiger partial charge on any atom is 0.231 e. The lowest BCUT2D eigenvalue weighted by Crippen LogP contribution is -2.33. The molecule has 1 fully saturated rings. The summed E-state index contributed by atoms with van der Waals surface area (Å²) >= 11 is 0. The van der Waals surface area contributed by atoms with E-state index >= 15 is 0 Å². The fourth-order valence-corrected chi connectivity index (χ4v) is 2.95. The molecule has 1 atom stereocenters. The third-order valence-electron chi connectivity index (χ3n) is 4.20. The largest absolute Gasteiger partial charge is 0.339 e. The Labute approximate surface area is 123 Å². The van der Waals surface area contributed by atoms with Crippen LogP contribution < -0.4 is 10.6 Å². The molecule has 7 nitrogen and oxygen atoms in total. The Balaban J connectivity index is 1.67. The highest BCUT2D eigenvalue weighted by atomic mass is 16.2. The van der Waals surface area contributed by atoms with Crippen LogP contribution in [0.4, 0.5) is 5.82 Å². The molecular formula is C14H21N5O2. The van der Waals surface area contributed by atoms with Crippen LogP contribution in [0.3, 0.4) is 0 Å². The van der Waals surface area contributed by atoms with Crippen molar-refractivity contribution in [3.63, 3.8) is 0 Å². The molecular weight excluding hydrogens is 270 g/mol. The topological polar surface area (TPSA) is 90.1 Å². The first-order valence-electron chi connectivity index (χ1n) is 7.43. The number of H-pyrrole nitrogens is 1. The van der Waals surface area contributed by atoms with Crippen molar-refractivity contribution in [3.05, 3.63) is 11.3 Å². The zero-order valence-corrected chi connectivity index (χ0v) is 12.4. The van der Waals surface area contributed by atoms with Crippen LogP contribution in [0.5, 0.6) is 0 Å². The zero-order valence-electron chi connectivity index (χ0n) is 12.4. The van der Waals surface area contributed by atoms with Gasteiger partial charge in [0.25, 0.3) is 0 Å². The Morgan fingerprint density at radius 1 is 1.48 bits per heavy atom. The molecule has 1 aromatic rings. The van der Waals surface area contributed by atoms with Gasteiger partial charge in [-0.2, -0.15) is 5.10 Å². The van der Waals surface area contributed by atoms with E-state index in [1.807, 2.05) is 13.8 Å². The lowest BCUT2D eigenvalue weighted by atomic mass is 10.1. The first-order valence-corrected chi connectivity index (χ1v) is 7.43. The van der Waals surface area contributed by atoms with Crippen molar-refractivity contribution in [1.29, 1.82) is 0 Å². The van der Waals surface area contributed by atoms with Gasteiger partial charge in [0.15, 0.2) is 5.82 Å². The van der Waals surface area contributed by atoms with Gasteiger partial charge < -0.3 is 15.5 Å². The molecule has 0 saturated carbocycles. The first kappa shape index (κ1) is 14.1. The number of anilines is 1. The van der Waals surface area contributed by atoms with Crippen molar-refractivity contribution in [2.45, 2.75) is 39.3 Å². The number of aromatic nitrogens is 2. The SMILES string of the molecule is CC(C)N1CC(C(=O)Nc2n[nH]c3c2CNCC3)CC1=O. The standard InChI is InChI=1S/C14H21N5O2/c1-8(2)19-7-9(5-12(19)20)14(21)16-13-10-6-15-4-3-11(10)17-18-13/h8-9,15H,3-7H2,1-2H3,(H2,16,17,18,21). The maximum absolute atomic E-state index is 12.3. The van der Waals surface area contributed by atoms with Gasteiger partial charge in [-0.05, 0) is 13.8 Å². The molecule has 1 saturated heterocycles. The number of hydrogen-bond acceptors (Lipinski definition) is 4. The third kappa shape index (κ3) is 2.65. The summed E-state index contributed by atoms with van der Waals surface area (Å²) in [6, 6.07) is 0.137. The van der Waals surface area contributed by atoms with E-state index in [4.69, 9.17) is 0 Å². The molecule has 2 aliphatic rings. The zero-order chi connectivity index (χ0) is 15.0. The van der Waals surface area contributed by atoms with Crippen LogP contribution in [0.1, 0.15) is 31.5 Å². The summed E-state index contributed by atoms with van der Waals surface area (Å²) in [6.07, 6.45) is 1.18. The predicted molar refractivity (Wildman–Crippen MR) is 77.6 cm³/mol. The molecule has 3 rings (SSSR count). The Morgan fingerprint density at radius 2 is 2.29 bits per heavy atom. The number of nitrogens with one attached hydrogen (secondary N) is 3. The molecule has 0 radical (unpaired) electrons. The van der Waals surface area contributed by atoms with Gasteiger partial charge in [0.05, 0.1) is 5.92 Å². The number of rotatable bonds is 3. The van der Waals surface area contributed by atoms with Crippen LogP contribution >= 0.6 is 0 Å². The molecule has 2 amide bonds. The lowest BCUT2D eigenvalue weighted by Gasteiger charge is -2.20. The fourth-order valence-electron chi connectivity index (χ4n) is 2.95. The molecule has 2 aliphatic heterocycles. The Hall–Kier alpha value is -1.89. The number of carbonyl (C=O) groups is 2. The number of amides is 2. The van der Waals surface area contributed by atoms with Gasteiger partial charge in [0, 0.05) is 49.8 Å². The van der Waals surface area contributed by atoms with E-state index in [1.54, 1.807) is 4.90 Å². The number of likely N-dealkylation sites (tertiary alicyclic amines) is 1. The molecule has 1 unspecified atom stereocenters. The van der Waals surface area contributed by atoms with Gasteiger partial charge in [0.2, 0.25) is 11.8 Å². The second kappa shape index (κ2) is 5.48. The van der Waals surface area contributed by atoms with Gasteiger partial charge in [-0.15, -0.1) is 0 Å². The Kier molecular flexibility index (Phi) is 3.67. The van der Waals surface area contributed by atoms with Crippen molar-refractivity contribution >= 4 is 17.6 Å². The molecule has 114 valence electrons. The van der Waals surface area contributed by atoms with Crippen LogP contribution in [-0.2, 0) is 22.6 Å². The fraction of sp³-hybridized carbons (Fsp3) is 0.643. The molecule has 21 heavy (non-hydrogen) atoms. The Morgan fingerprint density at radius 3 is 3.00 bits per heavy atom. The molecule has 0 aliphatic carbocycles. The highest BCUT2D eigenvalue weighted by Gasteiger charge is 2.36. The van der Waals surface area contributed by atoms with Gasteiger partial charge in [-0.1, -0.05) is 0 Å². The van der Waals surface area contributed by atoms with Gasteiger partial charge >= 0.3 is 0 Å². The summed E-state index contributed by atoms with van der Waals surface area (Å²) in [5, 5.41) is 13.3. The molecule has 0 bridgehead atoms. The van der Waals surface area contributed by atoms with Crippen LogP contribution in [0, 0.1) is 5.92 Å². The molecule has 7 heteroatoms. The van der Waals surface area contributed by atoms with E-state index in [2.05, 4.69) is 20.8 Å². The van der Waals surface area contributed by atoms with Crippen LogP contribution in [0.25, 0.3) is 0 Å². The van der Waals surface area contributed by atoms with E-state index in [1.165, 1.54) is 0 Å². The third-order valence-corrected chi connectivity index (χ3v) is 4.20. The highest BCUT2D eigenvalue weighted by Crippen LogP contribution is 2.24. The number of aromatic amines is 1. The van der Waals surface area contributed by atoms with Crippen molar-refractivity contribution < 1.29 is 9.59 Å². The summed E-state index contributed by atoms with van der Waals surface area (Å²) < 4.78 is 0. The minimum absolute atomic E-state index is 0.0517. The first-order chi connectivity index (χ1) is 10.1. The van der Waals surface area contributed by atoms with Crippen LogP contribution in [0.2, 0.25) is 0 Å². The van der Waals surface area contributed by atoms with Crippen molar-refractivity contribution in [3.8, 4) is 0 Å². The predicted octanol–water partition coefficient (Wildman–Crippen LogP) is 0.251. The number of hydrogen-bond donors (Lipinski definition) is 3. The van der Waals surface area contributed by atoms with Gasteiger partial charge in [-0.3, -0.25) is 14.7 Å². The van der Waals surface area contributed by atoms with Gasteiger partial charge in [0.1, 0.15) is 0 Å². The number of fused-ring (bicyclic) bond motifs is 1. The lowest BCUT2D eigenvalue weighted by molar-refractivity contribution is -0.129. The smallest absolute Gasteiger partial charge is 0.231 e. The molecule has 1 aromatic heterocycles. The summed E-state index contributed by atoms with van der Waals surface area (Å²) in [6.45, 7) is 6.06. The molecule has 3 heterocycles.